The molecule has 1 atom stereocenters. The van der Waals surface area contributed by atoms with Crippen LogP contribution in [0.4, 0.5) is 16.3 Å². The lowest BCUT2D eigenvalue weighted by molar-refractivity contribution is 0.0564. The summed E-state index contributed by atoms with van der Waals surface area (Å²) in [6.07, 6.45) is 1.19. The zero-order chi connectivity index (χ0) is 23.4. The molecular formula is C22H29N5O5S. The van der Waals surface area contributed by atoms with Crippen molar-refractivity contribution in [2.45, 2.75) is 18.7 Å². The SMILES string of the molecule is C[C@H]1COCCN1c1cc(CS(C)(=O)=O)nc(-c2ccc(NC(=O)N3CCOCC3)cc2)n1. The summed E-state index contributed by atoms with van der Waals surface area (Å²) >= 11 is 0. The van der Waals surface area contributed by atoms with Crippen LogP contribution in [0.2, 0.25) is 0 Å². The van der Waals surface area contributed by atoms with E-state index in [9.17, 15) is 13.2 Å². The molecule has 10 nitrogen and oxygen atoms in total. The molecule has 0 radical (unpaired) electrons. The van der Waals surface area contributed by atoms with E-state index in [0.717, 1.165) is 5.56 Å². The molecule has 2 fully saturated rings. The highest BCUT2D eigenvalue weighted by Gasteiger charge is 2.23. The van der Waals surface area contributed by atoms with E-state index in [2.05, 4.69) is 15.2 Å². The van der Waals surface area contributed by atoms with Crippen molar-refractivity contribution >= 4 is 27.4 Å². The number of sulfone groups is 1. The third kappa shape index (κ3) is 6.18. The van der Waals surface area contributed by atoms with Gasteiger partial charge >= 0.3 is 6.03 Å². The first-order valence-corrected chi connectivity index (χ1v) is 13.0. The van der Waals surface area contributed by atoms with Gasteiger partial charge in [-0.05, 0) is 31.2 Å². The van der Waals surface area contributed by atoms with Crippen LogP contribution in [-0.4, -0.2) is 87.7 Å². The minimum Gasteiger partial charge on any atom is -0.378 e. The molecule has 178 valence electrons. The van der Waals surface area contributed by atoms with Gasteiger partial charge < -0.3 is 24.6 Å². The van der Waals surface area contributed by atoms with E-state index in [0.29, 0.717) is 69.1 Å². The first-order chi connectivity index (χ1) is 15.8. The molecule has 0 unspecified atom stereocenters. The fourth-order valence-electron chi connectivity index (χ4n) is 3.84. The minimum atomic E-state index is -3.26. The smallest absolute Gasteiger partial charge is 0.321 e. The van der Waals surface area contributed by atoms with Crippen molar-refractivity contribution < 1.29 is 22.7 Å². The van der Waals surface area contributed by atoms with Crippen LogP contribution in [0.1, 0.15) is 12.6 Å². The molecule has 0 saturated carbocycles. The number of urea groups is 1. The van der Waals surface area contributed by atoms with E-state index >= 15 is 0 Å². The monoisotopic (exact) mass is 475 g/mol. The maximum atomic E-state index is 12.4. The van der Waals surface area contributed by atoms with Gasteiger partial charge in [-0.1, -0.05) is 0 Å². The van der Waals surface area contributed by atoms with Crippen LogP contribution in [0.25, 0.3) is 11.4 Å². The molecule has 0 aliphatic carbocycles. The molecule has 2 saturated heterocycles. The normalized spacial score (nSPS) is 19.4. The third-order valence-electron chi connectivity index (χ3n) is 5.53. The Morgan fingerprint density at radius 2 is 1.79 bits per heavy atom. The van der Waals surface area contributed by atoms with Crippen molar-refractivity contribution in [3.05, 3.63) is 36.0 Å². The zero-order valence-corrected chi connectivity index (χ0v) is 19.7. The van der Waals surface area contributed by atoms with E-state index < -0.39 is 9.84 Å². The van der Waals surface area contributed by atoms with Crippen LogP contribution in [0.3, 0.4) is 0 Å². The van der Waals surface area contributed by atoms with Crippen LogP contribution in [0.15, 0.2) is 30.3 Å². The predicted octanol–water partition coefficient (Wildman–Crippen LogP) is 1.78. The van der Waals surface area contributed by atoms with Crippen molar-refractivity contribution in [3.8, 4) is 11.4 Å². The Labute approximate surface area is 193 Å². The highest BCUT2D eigenvalue weighted by Crippen LogP contribution is 2.25. The zero-order valence-electron chi connectivity index (χ0n) is 18.9. The minimum absolute atomic E-state index is 0.116. The van der Waals surface area contributed by atoms with E-state index in [-0.39, 0.29) is 17.8 Å². The number of ether oxygens (including phenoxy) is 2. The quantitative estimate of drug-likeness (QED) is 0.696. The first kappa shape index (κ1) is 23.4. The Kier molecular flexibility index (Phi) is 7.11. The molecule has 1 aromatic heterocycles. The number of carbonyl (C=O) groups is 1. The van der Waals surface area contributed by atoms with Crippen LogP contribution in [0.5, 0.6) is 0 Å². The lowest BCUT2D eigenvalue weighted by atomic mass is 10.2. The van der Waals surface area contributed by atoms with Gasteiger partial charge in [0.15, 0.2) is 15.7 Å². The van der Waals surface area contributed by atoms with Gasteiger partial charge in [0.2, 0.25) is 0 Å². The fourth-order valence-corrected chi connectivity index (χ4v) is 4.53. The van der Waals surface area contributed by atoms with Crippen LogP contribution < -0.4 is 10.2 Å². The molecule has 2 amide bonds. The molecule has 2 aliphatic heterocycles. The Bertz CT molecular complexity index is 1090. The molecule has 3 heterocycles. The van der Waals surface area contributed by atoms with Crippen molar-refractivity contribution in [1.29, 1.82) is 0 Å². The third-order valence-corrected chi connectivity index (χ3v) is 6.35. The number of hydrogen-bond donors (Lipinski definition) is 1. The average molecular weight is 476 g/mol. The molecule has 2 aromatic rings. The van der Waals surface area contributed by atoms with Gasteiger partial charge in [-0.3, -0.25) is 0 Å². The van der Waals surface area contributed by atoms with E-state index in [1.54, 1.807) is 23.1 Å². The van der Waals surface area contributed by atoms with Crippen molar-refractivity contribution in [2.24, 2.45) is 0 Å². The first-order valence-electron chi connectivity index (χ1n) is 10.9. The Morgan fingerprint density at radius 1 is 1.09 bits per heavy atom. The second kappa shape index (κ2) is 10.0. The van der Waals surface area contributed by atoms with Gasteiger partial charge in [-0.2, -0.15) is 0 Å². The standard InChI is InChI=1S/C22H29N5O5S/c1-16-14-32-12-9-27(16)20-13-19(15-33(2,29)30)23-21(25-20)17-3-5-18(6-4-17)24-22(28)26-7-10-31-11-8-26/h3-6,13,16H,7-12,14-15H2,1-2H3,(H,24,28)/t16-/m0/s1. The summed E-state index contributed by atoms with van der Waals surface area (Å²) in [6.45, 7) is 6.09. The predicted molar refractivity (Wildman–Crippen MR) is 125 cm³/mol. The molecule has 33 heavy (non-hydrogen) atoms. The summed E-state index contributed by atoms with van der Waals surface area (Å²) in [5, 5.41) is 2.89. The fraction of sp³-hybridized carbons (Fsp3) is 0.500. The molecular weight excluding hydrogens is 446 g/mol. The maximum Gasteiger partial charge on any atom is 0.321 e. The van der Waals surface area contributed by atoms with Crippen LogP contribution >= 0.6 is 0 Å². The number of amides is 2. The topological polar surface area (TPSA) is 114 Å². The average Bonchev–Trinajstić information content (AvgIpc) is 2.79. The molecule has 4 rings (SSSR count). The van der Waals surface area contributed by atoms with Crippen molar-refractivity contribution in [3.63, 3.8) is 0 Å². The molecule has 11 heteroatoms. The van der Waals surface area contributed by atoms with Crippen LogP contribution in [-0.2, 0) is 25.1 Å². The Hall–Kier alpha value is -2.76. The number of anilines is 2. The van der Waals surface area contributed by atoms with Crippen LogP contribution in [0, 0.1) is 0 Å². The number of hydrogen-bond acceptors (Lipinski definition) is 8. The molecule has 1 aromatic carbocycles. The second-order valence-electron chi connectivity index (χ2n) is 8.34. The number of aromatic nitrogens is 2. The van der Waals surface area contributed by atoms with Gasteiger partial charge in [0.05, 0.1) is 43.9 Å². The van der Waals surface area contributed by atoms with E-state index in [1.807, 2.05) is 19.1 Å². The summed E-state index contributed by atoms with van der Waals surface area (Å²) in [5.41, 5.74) is 1.84. The number of morpholine rings is 2. The molecule has 2 aliphatic rings. The summed E-state index contributed by atoms with van der Waals surface area (Å²) in [7, 11) is -3.26. The molecule has 0 bridgehead atoms. The maximum absolute atomic E-state index is 12.4. The molecule has 0 spiro atoms. The highest BCUT2D eigenvalue weighted by atomic mass is 32.2. The Balaban J connectivity index is 1.58. The lowest BCUT2D eigenvalue weighted by Crippen LogP contribution is -2.44. The summed E-state index contributed by atoms with van der Waals surface area (Å²) in [4.78, 5) is 25.5. The summed E-state index contributed by atoms with van der Waals surface area (Å²) < 4.78 is 34.7. The number of rotatable bonds is 5. The largest absolute Gasteiger partial charge is 0.378 e. The van der Waals surface area contributed by atoms with Crippen molar-refractivity contribution in [2.75, 3.05) is 62.5 Å². The lowest BCUT2D eigenvalue weighted by Gasteiger charge is -2.34. The molecule has 1 N–H and O–H groups in total. The van der Waals surface area contributed by atoms with Gasteiger partial charge in [0.25, 0.3) is 0 Å². The van der Waals surface area contributed by atoms with Crippen molar-refractivity contribution in [1.82, 2.24) is 14.9 Å². The number of nitrogens with one attached hydrogen (secondary N) is 1. The van der Waals surface area contributed by atoms with Gasteiger partial charge in [-0.25, -0.2) is 23.2 Å². The second-order valence-corrected chi connectivity index (χ2v) is 10.5. The summed E-state index contributed by atoms with van der Waals surface area (Å²) in [5.74, 6) is 0.956. The number of nitrogens with zero attached hydrogens (tertiary/aromatic N) is 4. The van der Waals surface area contributed by atoms with E-state index in [4.69, 9.17) is 14.5 Å². The van der Waals surface area contributed by atoms with Gasteiger partial charge in [0.1, 0.15) is 5.82 Å². The number of carbonyl (C=O) groups excluding carboxylic acids is 1. The Morgan fingerprint density at radius 3 is 2.45 bits per heavy atom. The van der Waals surface area contributed by atoms with Gasteiger partial charge in [-0.15, -0.1) is 0 Å². The summed E-state index contributed by atoms with van der Waals surface area (Å²) in [6, 6.07) is 8.91. The van der Waals surface area contributed by atoms with Gasteiger partial charge in [0, 0.05) is 43.2 Å². The highest BCUT2D eigenvalue weighted by molar-refractivity contribution is 7.89. The number of benzene rings is 1. The van der Waals surface area contributed by atoms with E-state index in [1.165, 1.54) is 6.26 Å².